The van der Waals surface area contributed by atoms with Gasteiger partial charge in [0.25, 0.3) is 0 Å². The number of aliphatic hydroxyl groups excluding tert-OH is 2. The Morgan fingerprint density at radius 1 is 1.05 bits per heavy atom. The summed E-state index contributed by atoms with van der Waals surface area (Å²) < 4.78 is 0. The molecule has 0 saturated heterocycles. The van der Waals surface area contributed by atoms with Gasteiger partial charge < -0.3 is 10.2 Å². The second kappa shape index (κ2) is 7.44. The molecule has 1 aromatic rings. The highest BCUT2D eigenvalue weighted by Crippen LogP contribution is 2.28. The normalized spacial score (nSPS) is 17.6. The summed E-state index contributed by atoms with van der Waals surface area (Å²) in [6, 6.07) is 4.30. The van der Waals surface area contributed by atoms with Gasteiger partial charge in [-0.25, -0.2) is 0 Å². The van der Waals surface area contributed by atoms with Crippen LogP contribution in [0.1, 0.15) is 55.7 Å². The lowest BCUT2D eigenvalue weighted by Gasteiger charge is -2.20. The smallest absolute Gasteiger partial charge is 0.0802 e. The molecule has 0 saturated carbocycles. The van der Waals surface area contributed by atoms with Crippen molar-refractivity contribution < 1.29 is 10.2 Å². The topological polar surface area (TPSA) is 40.5 Å². The number of aryl methyl sites for hydroxylation is 3. The zero-order valence-electron chi connectivity index (χ0n) is 12.2. The van der Waals surface area contributed by atoms with E-state index in [4.69, 9.17) is 11.6 Å². The zero-order chi connectivity index (χ0) is 14.5. The van der Waals surface area contributed by atoms with Gasteiger partial charge in [-0.3, -0.25) is 0 Å². The molecule has 20 heavy (non-hydrogen) atoms. The van der Waals surface area contributed by atoms with Crippen LogP contribution >= 0.6 is 11.6 Å². The number of hydrogen-bond donors (Lipinski definition) is 2. The van der Waals surface area contributed by atoms with Crippen LogP contribution in [-0.2, 0) is 19.3 Å². The fourth-order valence-corrected chi connectivity index (χ4v) is 3.26. The van der Waals surface area contributed by atoms with Gasteiger partial charge in [-0.15, -0.1) is 0 Å². The predicted molar refractivity (Wildman–Crippen MR) is 83.3 cm³/mol. The molecule has 0 fully saturated rings. The third-order valence-electron chi connectivity index (χ3n) is 4.25. The van der Waals surface area contributed by atoms with Crippen molar-refractivity contribution in [2.45, 2.75) is 70.5 Å². The van der Waals surface area contributed by atoms with Crippen molar-refractivity contribution in [2.75, 3.05) is 0 Å². The fourth-order valence-electron chi connectivity index (χ4n) is 2.98. The quantitative estimate of drug-likeness (QED) is 0.841. The van der Waals surface area contributed by atoms with Crippen molar-refractivity contribution in [3.63, 3.8) is 0 Å². The lowest BCUT2D eigenvalue weighted by molar-refractivity contribution is 0.00981. The molecule has 0 amide bonds. The van der Waals surface area contributed by atoms with E-state index < -0.39 is 12.2 Å². The molecule has 0 aromatic heterocycles. The molecule has 1 aliphatic rings. The van der Waals surface area contributed by atoms with Crippen molar-refractivity contribution in [3.8, 4) is 0 Å². The van der Waals surface area contributed by atoms with Gasteiger partial charge in [0.1, 0.15) is 0 Å². The number of fused-ring (bicyclic) bond motifs is 1. The van der Waals surface area contributed by atoms with Gasteiger partial charge in [0.2, 0.25) is 0 Å². The molecule has 0 bridgehead atoms. The molecular weight excluding hydrogens is 272 g/mol. The summed E-state index contributed by atoms with van der Waals surface area (Å²) >= 11 is 6.34. The maximum Gasteiger partial charge on any atom is 0.0802 e. The van der Waals surface area contributed by atoms with E-state index in [0.29, 0.717) is 12.8 Å². The highest BCUT2D eigenvalue weighted by atomic mass is 35.5. The first-order valence-electron chi connectivity index (χ1n) is 7.78. The molecule has 112 valence electrons. The van der Waals surface area contributed by atoms with E-state index in [2.05, 4.69) is 12.1 Å². The average molecular weight is 297 g/mol. The predicted octanol–water partition coefficient (Wildman–Crippen LogP) is 3.67. The number of hydrogen-bond acceptors (Lipinski definition) is 2. The number of rotatable bonds is 6. The molecule has 2 nitrogen and oxygen atoms in total. The molecule has 1 aliphatic carbocycles. The van der Waals surface area contributed by atoms with Gasteiger partial charge >= 0.3 is 0 Å². The first kappa shape index (κ1) is 15.8. The van der Waals surface area contributed by atoms with Crippen LogP contribution in [-0.4, -0.2) is 22.4 Å². The number of aliphatic hydroxyl groups is 2. The van der Waals surface area contributed by atoms with Crippen LogP contribution in [0, 0.1) is 0 Å². The minimum Gasteiger partial charge on any atom is -0.390 e. The molecule has 2 atom stereocenters. The third-order valence-corrected chi connectivity index (χ3v) is 4.60. The van der Waals surface area contributed by atoms with Gasteiger partial charge in [0.15, 0.2) is 0 Å². The second-order valence-corrected chi connectivity index (χ2v) is 6.29. The van der Waals surface area contributed by atoms with Crippen molar-refractivity contribution in [1.82, 2.24) is 0 Å². The number of benzene rings is 1. The molecule has 0 heterocycles. The Labute approximate surface area is 126 Å². The van der Waals surface area contributed by atoms with E-state index in [1.54, 1.807) is 0 Å². The molecule has 0 spiro atoms. The van der Waals surface area contributed by atoms with Crippen molar-refractivity contribution in [3.05, 3.63) is 33.8 Å². The number of halogens is 1. The summed E-state index contributed by atoms with van der Waals surface area (Å²) in [5, 5.41) is 20.5. The van der Waals surface area contributed by atoms with Crippen molar-refractivity contribution >= 4 is 11.6 Å². The van der Waals surface area contributed by atoms with Crippen LogP contribution in [0.4, 0.5) is 0 Å². The van der Waals surface area contributed by atoms with E-state index in [0.717, 1.165) is 36.3 Å². The Balaban J connectivity index is 1.99. The van der Waals surface area contributed by atoms with Crippen molar-refractivity contribution in [1.29, 1.82) is 0 Å². The maximum atomic E-state index is 9.95. The molecular formula is C17H25ClO2. The van der Waals surface area contributed by atoms with Gasteiger partial charge in [-0.2, -0.15) is 0 Å². The Bertz CT molecular complexity index is 445. The van der Waals surface area contributed by atoms with Crippen LogP contribution in [0.25, 0.3) is 0 Å². The highest BCUT2D eigenvalue weighted by molar-refractivity contribution is 6.31. The molecule has 3 heteroatoms. The summed E-state index contributed by atoms with van der Waals surface area (Å²) in [6.45, 7) is 2.01. The van der Waals surface area contributed by atoms with Crippen LogP contribution in [0.3, 0.4) is 0 Å². The Morgan fingerprint density at radius 2 is 1.65 bits per heavy atom. The van der Waals surface area contributed by atoms with E-state index in [1.165, 1.54) is 24.0 Å². The summed E-state index contributed by atoms with van der Waals surface area (Å²) in [6.07, 6.45) is 6.35. The largest absolute Gasteiger partial charge is 0.390 e. The lowest BCUT2D eigenvalue weighted by atomic mass is 9.89. The minimum absolute atomic E-state index is 0.569. The van der Waals surface area contributed by atoms with Gasteiger partial charge in [0, 0.05) is 5.02 Å². The maximum absolute atomic E-state index is 9.95. The average Bonchev–Trinajstić information content (AvgIpc) is 2.45. The lowest BCUT2D eigenvalue weighted by Crippen LogP contribution is -2.26. The Kier molecular flexibility index (Phi) is 5.88. The molecule has 2 unspecified atom stereocenters. The van der Waals surface area contributed by atoms with Crippen LogP contribution in [0.15, 0.2) is 12.1 Å². The third kappa shape index (κ3) is 3.97. The Morgan fingerprint density at radius 3 is 2.30 bits per heavy atom. The molecule has 2 N–H and O–H groups in total. The van der Waals surface area contributed by atoms with E-state index in [9.17, 15) is 10.2 Å². The first-order valence-corrected chi connectivity index (χ1v) is 8.16. The van der Waals surface area contributed by atoms with Gasteiger partial charge in [-0.1, -0.05) is 31.0 Å². The SMILES string of the molecule is CCCC(O)C(O)CCc1cc2c(cc1Cl)CCCC2. The van der Waals surface area contributed by atoms with Gasteiger partial charge in [0.05, 0.1) is 12.2 Å². The summed E-state index contributed by atoms with van der Waals surface area (Å²) in [5.74, 6) is 0. The molecule has 2 rings (SSSR count). The van der Waals surface area contributed by atoms with Crippen LogP contribution in [0.5, 0.6) is 0 Å². The summed E-state index contributed by atoms with van der Waals surface area (Å²) in [5.41, 5.74) is 3.91. The van der Waals surface area contributed by atoms with Crippen molar-refractivity contribution in [2.24, 2.45) is 0 Å². The summed E-state index contributed by atoms with van der Waals surface area (Å²) in [4.78, 5) is 0. The van der Waals surface area contributed by atoms with Gasteiger partial charge in [-0.05, 0) is 67.7 Å². The monoisotopic (exact) mass is 296 g/mol. The molecule has 0 aliphatic heterocycles. The Hall–Kier alpha value is -0.570. The molecule has 1 aromatic carbocycles. The van der Waals surface area contributed by atoms with Crippen LogP contribution < -0.4 is 0 Å². The molecule has 0 radical (unpaired) electrons. The van der Waals surface area contributed by atoms with E-state index >= 15 is 0 Å². The van der Waals surface area contributed by atoms with Crippen LogP contribution in [0.2, 0.25) is 5.02 Å². The zero-order valence-corrected chi connectivity index (χ0v) is 13.0. The van der Waals surface area contributed by atoms with E-state index in [-0.39, 0.29) is 0 Å². The standard InChI is InChI=1S/C17H25ClO2/c1-2-5-16(19)17(20)9-8-14-10-12-6-3-4-7-13(12)11-15(14)18/h10-11,16-17,19-20H,2-9H2,1H3. The summed E-state index contributed by atoms with van der Waals surface area (Å²) in [7, 11) is 0. The second-order valence-electron chi connectivity index (χ2n) is 5.88. The highest BCUT2D eigenvalue weighted by Gasteiger charge is 2.17. The fraction of sp³-hybridized carbons (Fsp3) is 0.647. The first-order chi connectivity index (χ1) is 9.61. The van der Waals surface area contributed by atoms with E-state index in [1.807, 2.05) is 6.92 Å². The minimum atomic E-state index is -0.651.